The molecule has 1 aliphatic rings. The van der Waals surface area contributed by atoms with Gasteiger partial charge in [-0.2, -0.15) is 4.98 Å². The topological polar surface area (TPSA) is 59.2 Å². The van der Waals surface area contributed by atoms with E-state index in [0.29, 0.717) is 42.2 Å². The first-order valence-electron chi connectivity index (χ1n) is 9.46. The average molecular weight is 396 g/mol. The molecule has 1 saturated heterocycles. The lowest BCUT2D eigenvalue weighted by molar-refractivity contribution is -0.128. The van der Waals surface area contributed by atoms with E-state index in [1.165, 1.54) is 5.56 Å². The van der Waals surface area contributed by atoms with E-state index in [-0.39, 0.29) is 11.8 Å². The van der Waals surface area contributed by atoms with Crippen LogP contribution in [0.5, 0.6) is 0 Å². The molecule has 1 atom stereocenters. The van der Waals surface area contributed by atoms with Crippen LogP contribution in [0.1, 0.15) is 49.1 Å². The van der Waals surface area contributed by atoms with Crippen molar-refractivity contribution in [3.63, 3.8) is 0 Å². The standard InChI is InChI=1S/C22H22ClN3O2/c1-14(2)16-9-7-15(8-10-16)12-26-13-17(11-20(26)27)22-24-21(25-28-22)18-5-3-4-6-19(18)23/h3-10,14,17H,11-13H2,1-2H3. The minimum absolute atomic E-state index is 0.0915. The first kappa shape index (κ1) is 18.7. The molecule has 1 unspecified atom stereocenters. The number of aromatic nitrogens is 2. The number of carbonyl (C=O) groups is 1. The maximum atomic E-state index is 12.5. The molecule has 5 nitrogen and oxygen atoms in total. The van der Waals surface area contributed by atoms with Crippen LogP contribution in [0.4, 0.5) is 0 Å². The molecule has 144 valence electrons. The summed E-state index contributed by atoms with van der Waals surface area (Å²) in [6.07, 6.45) is 0.383. The van der Waals surface area contributed by atoms with Crippen molar-refractivity contribution in [2.75, 3.05) is 6.54 Å². The lowest BCUT2D eigenvalue weighted by Gasteiger charge is -2.16. The predicted octanol–water partition coefficient (Wildman–Crippen LogP) is 5.03. The van der Waals surface area contributed by atoms with E-state index in [1.54, 1.807) is 6.07 Å². The average Bonchev–Trinajstić information content (AvgIpc) is 3.30. The summed E-state index contributed by atoms with van der Waals surface area (Å²) >= 11 is 6.21. The Morgan fingerprint density at radius 1 is 1.18 bits per heavy atom. The number of likely N-dealkylation sites (tertiary alicyclic amines) is 1. The number of nitrogens with zero attached hydrogens (tertiary/aromatic N) is 3. The van der Waals surface area contributed by atoms with Crippen LogP contribution in [0.2, 0.25) is 5.02 Å². The van der Waals surface area contributed by atoms with Gasteiger partial charge in [-0.3, -0.25) is 4.79 Å². The first-order valence-corrected chi connectivity index (χ1v) is 9.84. The van der Waals surface area contributed by atoms with Gasteiger partial charge < -0.3 is 9.42 Å². The monoisotopic (exact) mass is 395 g/mol. The quantitative estimate of drug-likeness (QED) is 0.608. The van der Waals surface area contributed by atoms with Crippen LogP contribution in [0.15, 0.2) is 53.1 Å². The SMILES string of the molecule is CC(C)c1ccc(CN2CC(c3nc(-c4ccccc4Cl)no3)CC2=O)cc1. The Morgan fingerprint density at radius 3 is 2.64 bits per heavy atom. The summed E-state index contributed by atoms with van der Waals surface area (Å²) in [4.78, 5) is 18.8. The number of hydrogen-bond acceptors (Lipinski definition) is 4. The van der Waals surface area contributed by atoms with Gasteiger partial charge in [-0.05, 0) is 29.2 Å². The Balaban J connectivity index is 1.46. The van der Waals surface area contributed by atoms with Gasteiger partial charge in [0.05, 0.1) is 10.9 Å². The van der Waals surface area contributed by atoms with E-state index in [4.69, 9.17) is 16.1 Å². The molecule has 1 fully saturated rings. The lowest BCUT2D eigenvalue weighted by atomic mass is 10.0. The van der Waals surface area contributed by atoms with Gasteiger partial charge in [0.25, 0.3) is 0 Å². The highest BCUT2D eigenvalue weighted by Gasteiger charge is 2.34. The molecule has 0 N–H and O–H groups in total. The van der Waals surface area contributed by atoms with Gasteiger partial charge >= 0.3 is 0 Å². The molecule has 2 heterocycles. The summed E-state index contributed by atoms with van der Waals surface area (Å²) in [6.45, 7) is 5.52. The minimum atomic E-state index is -0.0915. The first-order chi connectivity index (χ1) is 13.5. The molecule has 2 aromatic carbocycles. The molecule has 0 spiro atoms. The third-order valence-electron chi connectivity index (χ3n) is 5.14. The number of rotatable bonds is 5. The summed E-state index contributed by atoms with van der Waals surface area (Å²) in [5, 5.41) is 4.62. The van der Waals surface area contributed by atoms with Crippen LogP contribution in [0, 0.1) is 0 Å². The van der Waals surface area contributed by atoms with Crippen LogP contribution in [-0.4, -0.2) is 27.5 Å². The number of carbonyl (C=O) groups excluding carboxylic acids is 1. The summed E-state index contributed by atoms with van der Waals surface area (Å²) in [5.74, 6) is 1.45. The third kappa shape index (κ3) is 3.80. The second-order valence-electron chi connectivity index (χ2n) is 7.51. The van der Waals surface area contributed by atoms with Crippen molar-refractivity contribution in [1.29, 1.82) is 0 Å². The normalized spacial score (nSPS) is 16.9. The van der Waals surface area contributed by atoms with Gasteiger partial charge in [-0.1, -0.05) is 67.0 Å². The molecular formula is C22H22ClN3O2. The summed E-state index contributed by atoms with van der Waals surface area (Å²) < 4.78 is 5.45. The third-order valence-corrected chi connectivity index (χ3v) is 5.47. The predicted molar refractivity (Wildman–Crippen MR) is 108 cm³/mol. The molecule has 6 heteroatoms. The Kier molecular flexibility index (Phi) is 5.18. The Morgan fingerprint density at radius 2 is 1.93 bits per heavy atom. The van der Waals surface area contributed by atoms with Crippen molar-refractivity contribution in [3.05, 3.63) is 70.6 Å². The molecule has 0 bridgehead atoms. The van der Waals surface area contributed by atoms with Gasteiger partial charge in [0.2, 0.25) is 17.6 Å². The van der Waals surface area contributed by atoms with Gasteiger partial charge in [-0.15, -0.1) is 0 Å². The van der Waals surface area contributed by atoms with E-state index in [1.807, 2.05) is 23.1 Å². The van der Waals surface area contributed by atoms with E-state index >= 15 is 0 Å². The molecule has 3 aromatic rings. The molecule has 0 saturated carbocycles. The number of benzene rings is 2. The highest BCUT2D eigenvalue weighted by atomic mass is 35.5. The highest BCUT2D eigenvalue weighted by molar-refractivity contribution is 6.33. The van der Waals surface area contributed by atoms with Crippen molar-refractivity contribution in [3.8, 4) is 11.4 Å². The maximum Gasteiger partial charge on any atom is 0.232 e. The Bertz CT molecular complexity index is 981. The fraction of sp³-hybridized carbons (Fsp3) is 0.318. The second kappa shape index (κ2) is 7.76. The second-order valence-corrected chi connectivity index (χ2v) is 7.91. The largest absolute Gasteiger partial charge is 0.339 e. The van der Waals surface area contributed by atoms with Crippen LogP contribution >= 0.6 is 11.6 Å². The van der Waals surface area contributed by atoms with Crippen LogP contribution in [0.3, 0.4) is 0 Å². The van der Waals surface area contributed by atoms with E-state index < -0.39 is 0 Å². The van der Waals surface area contributed by atoms with Crippen molar-refractivity contribution in [1.82, 2.24) is 15.0 Å². The minimum Gasteiger partial charge on any atom is -0.339 e. The zero-order chi connectivity index (χ0) is 19.7. The smallest absolute Gasteiger partial charge is 0.232 e. The van der Waals surface area contributed by atoms with Crippen LogP contribution < -0.4 is 0 Å². The van der Waals surface area contributed by atoms with Crippen molar-refractivity contribution in [2.24, 2.45) is 0 Å². The summed E-state index contributed by atoms with van der Waals surface area (Å²) in [6, 6.07) is 15.8. The van der Waals surface area contributed by atoms with E-state index in [2.05, 4.69) is 48.3 Å². The zero-order valence-corrected chi connectivity index (χ0v) is 16.7. The fourth-order valence-corrected chi connectivity index (χ4v) is 3.69. The van der Waals surface area contributed by atoms with Crippen molar-refractivity contribution < 1.29 is 9.32 Å². The van der Waals surface area contributed by atoms with Crippen LogP contribution in [-0.2, 0) is 11.3 Å². The van der Waals surface area contributed by atoms with Gasteiger partial charge in [-0.25, -0.2) is 0 Å². The molecular weight excluding hydrogens is 374 g/mol. The number of amides is 1. The van der Waals surface area contributed by atoms with Gasteiger partial charge in [0.1, 0.15) is 0 Å². The molecule has 0 radical (unpaired) electrons. The van der Waals surface area contributed by atoms with Crippen molar-refractivity contribution >= 4 is 17.5 Å². The van der Waals surface area contributed by atoms with Crippen molar-refractivity contribution in [2.45, 2.75) is 38.6 Å². The van der Waals surface area contributed by atoms with E-state index in [0.717, 1.165) is 11.1 Å². The summed E-state index contributed by atoms with van der Waals surface area (Å²) in [7, 11) is 0. The highest BCUT2D eigenvalue weighted by Crippen LogP contribution is 2.31. The number of hydrogen-bond donors (Lipinski definition) is 0. The maximum absolute atomic E-state index is 12.5. The fourth-order valence-electron chi connectivity index (χ4n) is 3.47. The molecule has 1 aliphatic heterocycles. The molecule has 4 rings (SSSR count). The Hall–Kier alpha value is -2.66. The van der Waals surface area contributed by atoms with Gasteiger partial charge in [0.15, 0.2) is 0 Å². The molecule has 1 amide bonds. The van der Waals surface area contributed by atoms with E-state index in [9.17, 15) is 4.79 Å². The lowest BCUT2D eigenvalue weighted by Crippen LogP contribution is -2.24. The molecule has 1 aromatic heterocycles. The number of halogens is 1. The van der Waals surface area contributed by atoms with Crippen LogP contribution in [0.25, 0.3) is 11.4 Å². The Labute approximate surface area is 169 Å². The zero-order valence-electron chi connectivity index (χ0n) is 15.9. The summed E-state index contributed by atoms with van der Waals surface area (Å²) in [5.41, 5.74) is 3.15. The van der Waals surface area contributed by atoms with Gasteiger partial charge in [0, 0.05) is 25.1 Å². The molecule has 0 aliphatic carbocycles. The molecule has 28 heavy (non-hydrogen) atoms.